The molecule has 568 valence electrons. The minimum absolute atomic E-state index is 0.0461. The lowest BCUT2D eigenvalue weighted by molar-refractivity contribution is -0.372. The summed E-state index contributed by atoms with van der Waals surface area (Å²) in [6, 6.07) is 9.18. The molecular weight excluding hydrogens is 1320 g/mol. The van der Waals surface area contributed by atoms with Gasteiger partial charge in [-0.1, -0.05) is 56.3 Å². The molecule has 6 aliphatic heterocycles. The molecule has 1 aromatic carbocycles. The molecule has 1 aromatic rings. The molecule has 3 saturated carbocycles. The quantitative estimate of drug-likeness (QED) is 0.0445. The Hall–Kier alpha value is -2.91. The molecule has 0 radical (unpaired) electrons. The third-order valence-electron chi connectivity index (χ3n) is 24.4. The number of carbonyl (C=O) groups excluding carboxylic acids is 1. The van der Waals surface area contributed by atoms with Crippen molar-refractivity contribution in [2.24, 2.45) is 16.7 Å². The molecular formula is C71H110O29. The van der Waals surface area contributed by atoms with E-state index in [0.29, 0.717) is 12.8 Å². The van der Waals surface area contributed by atoms with Gasteiger partial charge in [0.1, 0.15) is 90.1 Å². The summed E-state index contributed by atoms with van der Waals surface area (Å²) in [4.78, 5) is 13.7. The van der Waals surface area contributed by atoms with Gasteiger partial charge in [0.05, 0.1) is 84.8 Å². The van der Waals surface area contributed by atoms with Gasteiger partial charge in [0.25, 0.3) is 0 Å². The number of hydrogen-bond donors (Lipinski definition) is 10. The van der Waals surface area contributed by atoms with E-state index >= 15 is 0 Å². The second-order valence-corrected chi connectivity index (χ2v) is 29.8. The molecule has 11 rings (SSSR count). The Morgan fingerprint density at radius 2 is 1.04 bits per heavy atom. The van der Waals surface area contributed by atoms with Gasteiger partial charge in [0, 0.05) is 85.1 Å². The molecule has 0 bridgehead atoms. The molecule has 100 heavy (non-hydrogen) atoms. The van der Waals surface area contributed by atoms with Crippen LogP contribution in [0.4, 0.5) is 0 Å². The van der Waals surface area contributed by atoms with E-state index < -0.39 is 230 Å². The number of rotatable bonds is 22. The topological polar surface area (TPSA) is 386 Å². The monoisotopic (exact) mass is 1430 g/mol. The summed E-state index contributed by atoms with van der Waals surface area (Å²) in [7, 11) is 7.63. The molecule has 6 saturated heterocycles. The third-order valence-corrected chi connectivity index (χ3v) is 24.4. The van der Waals surface area contributed by atoms with Crippen LogP contribution in [0.2, 0.25) is 0 Å². The number of benzene rings is 1. The van der Waals surface area contributed by atoms with E-state index in [0.717, 1.165) is 5.56 Å². The van der Waals surface area contributed by atoms with Crippen LogP contribution in [0.1, 0.15) is 125 Å². The van der Waals surface area contributed by atoms with Crippen LogP contribution in [0, 0.1) is 16.7 Å². The Bertz CT molecular complexity index is 2910. The van der Waals surface area contributed by atoms with Gasteiger partial charge >= 0.3 is 5.97 Å². The minimum Gasteiger partial charge on any atom is -0.458 e. The summed E-state index contributed by atoms with van der Waals surface area (Å²) in [5.41, 5.74) is -9.78. The van der Waals surface area contributed by atoms with Crippen LogP contribution in [0.3, 0.4) is 0 Å². The zero-order valence-electron chi connectivity index (χ0n) is 59.5. The van der Waals surface area contributed by atoms with Crippen LogP contribution >= 0.6 is 0 Å². The maximum absolute atomic E-state index is 13.7. The fourth-order valence-corrected chi connectivity index (χ4v) is 18.4. The van der Waals surface area contributed by atoms with Crippen molar-refractivity contribution in [2.45, 2.75) is 320 Å². The summed E-state index contributed by atoms with van der Waals surface area (Å²) in [5.74, 6) is -1.61. The number of carbonyl (C=O) groups is 1. The second-order valence-electron chi connectivity index (χ2n) is 29.8. The van der Waals surface area contributed by atoms with Crippen molar-refractivity contribution in [2.75, 3.05) is 42.2 Å². The highest BCUT2D eigenvalue weighted by Gasteiger charge is 2.82. The van der Waals surface area contributed by atoms with Crippen molar-refractivity contribution in [3.63, 3.8) is 0 Å². The van der Waals surface area contributed by atoms with E-state index in [1.807, 2.05) is 58.0 Å². The highest BCUT2D eigenvalue weighted by Crippen LogP contribution is 2.71. The Kier molecular flexibility index (Phi) is 24.3. The highest BCUT2D eigenvalue weighted by atomic mass is 16.8. The first-order chi connectivity index (χ1) is 47.4. The van der Waals surface area contributed by atoms with Gasteiger partial charge in [0.15, 0.2) is 37.7 Å². The Morgan fingerprint density at radius 3 is 1.53 bits per heavy atom. The predicted octanol–water partition coefficient (Wildman–Crippen LogP) is 1.33. The van der Waals surface area contributed by atoms with E-state index in [1.165, 1.54) is 33.3 Å². The van der Waals surface area contributed by atoms with Gasteiger partial charge in [0.2, 0.25) is 0 Å². The smallest absolute Gasteiger partial charge is 0.331 e. The van der Waals surface area contributed by atoms with Crippen molar-refractivity contribution in [1.29, 1.82) is 0 Å². The Labute approximate surface area is 584 Å². The molecule has 1 unspecified atom stereocenters. The average molecular weight is 1430 g/mol. The number of esters is 1. The molecule has 9 fully saturated rings. The molecule has 10 N–H and O–H groups in total. The van der Waals surface area contributed by atoms with E-state index in [-0.39, 0.29) is 51.4 Å². The molecule has 0 amide bonds. The summed E-state index contributed by atoms with van der Waals surface area (Å²) in [5, 5.41) is 115. The van der Waals surface area contributed by atoms with Crippen molar-refractivity contribution in [3.05, 3.63) is 54.1 Å². The molecule has 29 nitrogen and oxygen atoms in total. The molecule has 0 aromatic heterocycles. The van der Waals surface area contributed by atoms with Crippen LogP contribution in [-0.4, -0.2) is 300 Å². The first kappa shape index (κ1) is 78.2. The van der Waals surface area contributed by atoms with Crippen LogP contribution in [0.5, 0.6) is 0 Å². The van der Waals surface area contributed by atoms with Crippen LogP contribution in [0.15, 0.2) is 48.6 Å². The average Bonchev–Trinajstić information content (AvgIpc) is 1.35. The van der Waals surface area contributed by atoms with Crippen LogP contribution in [0.25, 0.3) is 6.08 Å². The number of hydrogen-bond acceptors (Lipinski definition) is 29. The zero-order valence-corrected chi connectivity index (χ0v) is 59.5. The fourth-order valence-electron chi connectivity index (χ4n) is 18.4. The lowest BCUT2D eigenvalue weighted by Crippen LogP contribution is -2.80. The SMILES string of the molecule is CO[C@H]1[C@@H](O)[C@H](O[C@@H]2[C@@H](C)O[C@@H](O[C@H]3[C@@H](OC)C[C@H](O[C@H]4[C@@H](OC)C[C@H](O[C@H]5CC[C@]6(C)[C@H]7C[C@@H](OC(=O)/C=C/c8ccccc8)[C@@]8(C)[C@](O)(CC[C@@]8(O)C(C)O)[C@]7(O)C=C[C@@]6(O)C5)O[C@@H]4C)O[C@@H]3C)C[C@H]2OC)O[C@H](C)[C@H]1O[C@H]1C[C@H](OC)[C@H](O[C@@H]2O[C@H](CO)[C@@H](O)[C@H](O)[C@H]2O)[C@@H](C)O1. The Balaban J connectivity index is 0.667. The summed E-state index contributed by atoms with van der Waals surface area (Å²) in [6.45, 7) is 13.2. The van der Waals surface area contributed by atoms with Crippen LogP contribution in [-0.2, 0) is 90.1 Å². The van der Waals surface area contributed by atoms with E-state index in [4.69, 9.17) is 85.3 Å². The van der Waals surface area contributed by atoms with Crippen LogP contribution < -0.4 is 0 Å². The lowest BCUT2D eigenvalue weighted by Gasteiger charge is -2.68. The number of fused-ring (bicyclic) bond motifs is 5. The molecule has 6 heterocycles. The number of methoxy groups -OCH3 is 5. The first-order valence-electron chi connectivity index (χ1n) is 35.4. The second kappa shape index (κ2) is 31.1. The zero-order chi connectivity index (χ0) is 72.3. The van der Waals surface area contributed by atoms with Gasteiger partial charge < -0.3 is 136 Å². The van der Waals surface area contributed by atoms with Crippen molar-refractivity contribution >= 4 is 12.0 Å². The maximum Gasteiger partial charge on any atom is 0.331 e. The van der Waals surface area contributed by atoms with Gasteiger partial charge in [-0.25, -0.2) is 4.79 Å². The number of aliphatic hydroxyl groups is 10. The molecule has 29 heteroatoms. The molecule has 36 atom stereocenters. The number of ether oxygens (including phenoxy) is 18. The third kappa shape index (κ3) is 14.2. The summed E-state index contributed by atoms with van der Waals surface area (Å²) >= 11 is 0. The largest absolute Gasteiger partial charge is 0.458 e. The predicted molar refractivity (Wildman–Crippen MR) is 347 cm³/mol. The van der Waals surface area contributed by atoms with E-state index in [1.54, 1.807) is 54.3 Å². The lowest BCUT2D eigenvalue weighted by atomic mass is 9.41. The molecule has 4 aliphatic carbocycles. The fraction of sp³-hybridized carbons (Fsp3) is 0.845. The van der Waals surface area contributed by atoms with Crippen molar-refractivity contribution in [1.82, 2.24) is 0 Å². The van der Waals surface area contributed by atoms with E-state index in [9.17, 15) is 55.9 Å². The summed E-state index contributed by atoms with van der Waals surface area (Å²) < 4.78 is 113. The highest BCUT2D eigenvalue weighted by molar-refractivity contribution is 5.87. The maximum atomic E-state index is 13.7. The molecule has 0 spiro atoms. The van der Waals surface area contributed by atoms with Crippen molar-refractivity contribution in [3.8, 4) is 0 Å². The summed E-state index contributed by atoms with van der Waals surface area (Å²) in [6.07, 6.45) is -19.3. The van der Waals surface area contributed by atoms with Gasteiger partial charge in [-0.3, -0.25) is 0 Å². The Morgan fingerprint density at radius 1 is 0.560 bits per heavy atom. The number of aliphatic hydroxyl groups excluding tert-OH is 6. The minimum atomic E-state index is -2.11. The standard InChI is InChI=1S/C71H110O29/c1-34-58(42(83-9)27-50(88-34)93-41-21-22-66(7)47-31-48(95-49(74)20-19-40-17-15-14-16-18-40)67(8)69(80,39(6)73)25-26-71(67,82)70(47,81)24-23-68(66,79)32-41)96-51-28-43(84-10)59(35(2)89-51)97-52-29-44(85-11)61(37(4)90-52)100-65-57(78)63(87-13)62(38(5)92-65)98-53-30-45(86-12)60(36(3)91-53)99-64-56(77)55(76)54(75)46(33-72)94-64/h14-20,23-24,34-39,41-48,50-65,72-73,75-82H,21-22,25-33H2,1-13H3/b20-19+/t34-,35-,36-,37-,38-,39?,41+,42+,43+,44-,45+,46-,47-,48-,50+,51+,52+,53+,54-,55+,56-,57-,58-,59-,60-,61-,62-,63+,64+,65+,66-,67-,68-,69-,70+,71-/m1/s1. The molecule has 10 aliphatic rings. The van der Waals surface area contributed by atoms with Gasteiger partial charge in [-0.2, -0.15) is 0 Å². The normalized spacial score (nSPS) is 50.9. The van der Waals surface area contributed by atoms with Gasteiger partial charge in [-0.15, -0.1) is 0 Å². The van der Waals surface area contributed by atoms with Crippen molar-refractivity contribution < 1.29 is 141 Å². The first-order valence-corrected chi connectivity index (χ1v) is 35.4. The van der Waals surface area contributed by atoms with E-state index in [2.05, 4.69) is 0 Å². The van der Waals surface area contributed by atoms with Gasteiger partial charge in [-0.05, 0) is 85.3 Å².